The summed E-state index contributed by atoms with van der Waals surface area (Å²) in [7, 11) is 1.50. The van der Waals surface area contributed by atoms with Crippen molar-refractivity contribution < 1.29 is 32.5 Å². The topological polar surface area (TPSA) is 54.0 Å². The van der Waals surface area contributed by atoms with Crippen LogP contribution in [0.1, 0.15) is 21.5 Å². The van der Waals surface area contributed by atoms with Crippen LogP contribution in [0.15, 0.2) is 48.5 Å². The maximum atomic E-state index is 13.3. The fraction of sp³-hybridized carbons (Fsp3) is 0.250. The molecule has 0 fully saturated rings. The van der Waals surface area contributed by atoms with E-state index in [-0.39, 0.29) is 31.1 Å². The minimum atomic E-state index is -2.01. The summed E-state index contributed by atoms with van der Waals surface area (Å²) in [6, 6.07) is 12.2. The Balaban J connectivity index is 2.17. The number of hydrogen-bond acceptors (Lipinski definition) is 5. The molecule has 0 heterocycles. The Morgan fingerprint density at radius 1 is 1.14 bits per heavy atom. The van der Waals surface area contributed by atoms with Crippen LogP contribution < -0.4 is 4.74 Å². The van der Waals surface area contributed by atoms with Crippen molar-refractivity contribution in [2.45, 2.75) is 6.61 Å². The third kappa shape index (κ3) is 6.54. The van der Waals surface area contributed by atoms with Gasteiger partial charge in [0.25, 0.3) is 0 Å². The molecule has 0 atom stereocenters. The average molecular weight is 504 g/mol. The molecule has 2 aromatic rings. The molecule has 2 aromatic carbocycles. The zero-order valence-corrected chi connectivity index (χ0v) is 17.3. The largest absolute Gasteiger partial charge is 0.487 e. The Morgan fingerprint density at radius 3 is 2.54 bits per heavy atom. The molecule has 0 bridgehead atoms. The van der Waals surface area contributed by atoms with Gasteiger partial charge in [0, 0.05) is 12.7 Å². The second kappa shape index (κ2) is 11.7. The molecule has 0 aromatic heterocycles. The van der Waals surface area contributed by atoms with E-state index in [2.05, 4.69) is 0 Å². The van der Waals surface area contributed by atoms with Crippen molar-refractivity contribution in [1.29, 1.82) is 0 Å². The van der Waals surface area contributed by atoms with Gasteiger partial charge in [-0.2, -0.15) is 8.78 Å². The summed E-state index contributed by atoms with van der Waals surface area (Å²) in [5.74, 6) is -0.314. The number of carbonyl (C=O) groups is 1. The van der Waals surface area contributed by atoms with E-state index in [0.29, 0.717) is 22.2 Å². The molecule has 8 heteroatoms. The van der Waals surface area contributed by atoms with Crippen molar-refractivity contribution in [3.05, 3.63) is 68.8 Å². The first-order valence-electron chi connectivity index (χ1n) is 8.27. The highest BCUT2D eigenvalue weighted by atomic mass is 127. The SMILES string of the molecule is COCCOCOC(=C(F)F)c1cc(I)c(OCc2ccccc2)c(C=O)c1. The number of carbonyl (C=O) groups excluding carboxylic acids is 1. The molecule has 0 aliphatic heterocycles. The summed E-state index contributed by atoms with van der Waals surface area (Å²) in [6.45, 7) is 0.415. The van der Waals surface area contributed by atoms with E-state index in [4.69, 9.17) is 18.9 Å². The van der Waals surface area contributed by atoms with E-state index in [1.54, 1.807) is 0 Å². The molecule has 0 aliphatic rings. The maximum Gasteiger partial charge on any atom is 0.312 e. The molecule has 2 rings (SSSR count). The van der Waals surface area contributed by atoms with E-state index in [1.165, 1.54) is 19.2 Å². The lowest BCUT2D eigenvalue weighted by Gasteiger charge is -2.15. The van der Waals surface area contributed by atoms with Crippen LogP contribution in [0.2, 0.25) is 0 Å². The van der Waals surface area contributed by atoms with E-state index in [1.807, 2.05) is 52.9 Å². The van der Waals surface area contributed by atoms with Crippen LogP contribution in [0.5, 0.6) is 5.75 Å². The Kier molecular flexibility index (Phi) is 9.32. The number of rotatable bonds is 11. The average Bonchev–Trinajstić information content (AvgIpc) is 2.69. The summed E-state index contributed by atoms with van der Waals surface area (Å²) in [6.07, 6.45) is -1.45. The van der Waals surface area contributed by atoms with E-state index >= 15 is 0 Å². The van der Waals surface area contributed by atoms with Crippen LogP contribution in [-0.4, -0.2) is 33.4 Å². The van der Waals surface area contributed by atoms with E-state index in [9.17, 15) is 13.6 Å². The molecular weight excluding hydrogens is 485 g/mol. The summed E-state index contributed by atoms with van der Waals surface area (Å²) in [5, 5.41) is 0. The molecule has 0 saturated carbocycles. The number of aldehydes is 1. The first-order chi connectivity index (χ1) is 13.6. The molecule has 0 N–H and O–H groups in total. The molecular formula is C20H19F2IO5. The Labute approximate surface area is 175 Å². The van der Waals surface area contributed by atoms with Crippen molar-refractivity contribution in [3.8, 4) is 5.75 Å². The van der Waals surface area contributed by atoms with Gasteiger partial charge in [0.2, 0.25) is 0 Å². The Hall–Kier alpha value is -2.04. The van der Waals surface area contributed by atoms with Crippen molar-refractivity contribution >= 4 is 34.6 Å². The minimum Gasteiger partial charge on any atom is -0.487 e. The molecule has 150 valence electrons. The summed E-state index contributed by atoms with van der Waals surface area (Å²) in [5.41, 5.74) is 1.14. The number of hydrogen-bond donors (Lipinski definition) is 0. The summed E-state index contributed by atoms with van der Waals surface area (Å²) in [4.78, 5) is 11.5. The quantitative estimate of drug-likeness (QED) is 0.144. The maximum absolute atomic E-state index is 13.3. The molecule has 0 aliphatic carbocycles. The van der Waals surface area contributed by atoms with Crippen molar-refractivity contribution in [2.75, 3.05) is 27.1 Å². The van der Waals surface area contributed by atoms with Crippen molar-refractivity contribution in [1.82, 2.24) is 0 Å². The predicted octanol–water partition coefficient (Wildman–Crippen LogP) is 4.88. The fourth-order valence-corrected chi connectivity index (χ4v) is 3.07. The van der Waals surface area contributed by atoms with Gasteiger partial charge in [0.15, 0.2) is 18.8 Å². The number of benzene rings is 2. The fourth-order valence-electron chi connectivity index (χ4n) is 2.26. The third-order valence-electron chi connectivity index (χ3n) is 3.58. The van der Waals surface area contributed by atoms with E-state index in [0.717, 1.165) is 5.56 Å². The molecule has 0 saturated heterocycles. The number of halogens is 3. The summed E-state index contributed by atoms with van der Waals surface area (Å²) < 4.78 is 47.9. The normalized spacial score (nSPS) is 10.4. The van der Waals surface area contributed by atoms with Crippen LogP contribution in [0, 0.1) is 3.57 Å². The minimum absolute atomic E-state index is 0.0638. The molecule has 0 radical (unpaired) electrons. The van der Waals surface area contributed by atoms with E-state index < -0.39 is 11.8 Å². The van der Waals surface area contributed by atoms with Crippen LogP contribution in [0.4, 0.5) is 8.78 Å². The van der Waals surface area contributed by atoms with Crippen LogP contribution in [-0.2, 0) is 20.8 Å². The molecule has 28 heavy (non-hydrogen) atoms. The smallest absolute Gasteiger partial charge is 0.312 e. The molecule has 0 spiro atoms. The third-order valence-corrected chi connectivity index (χ3v) is 4.38. The van der Waals surface area contributed by atoms with Gasteiger partial charge in [-0.25, -0.2) is 0 Å². The van der Waals surface area contributed by atoms with Gasteiger partial charge in [0.05, 0.1) is 22.3 Å². The van der Waals surface area contributed by atoms with Gasteiger partial charge in [-0.15, -0.1) is 0 Å². The molecule has 0 amide bonds. The second-order valence-electron chi connectivity index (χ2n) is 5.52. The van der Waals surface area contributed by atoms with Crippen molar-refractivity contribution in [2.24, 2.45) is 0 Å². The Bertz CT molecular complexity index is 808. The zero-order valence-electron chi connectivity index (χ0n) is 15.1. The lowest BCUT2D eigenvalue weighted by molar-refractivity contribution is -0.0236. The lowest BCUT2D eigenvalue weighted by Crippen LogP contribution is -2.07. The van der Waals surface area contributed by atoms with Gasteiger partial charge in [-0.05, 0) is 40.3 Å². The van der Waals surface area contributed by atoms with Crippen LogP contribution in [0.3, 0.4) is 0 Å². The molecule has 0 unspecified atom stereocenters. The highest BCUT2D eigenvalue weighted by molar-refractivity contribution is 14.1. The number of ether oxygens (including phenoxy) is 4. The zero-order chi connectivity index (χ0) is 20.4. The molecule has 5 nitrogen and oxygen atoms in total. The van der Waals surface area contributed by atoms with Crippen molar-refractivity contribution in [3.63, 3.8) is 0 Å². The lowest BCUT2D eigenvalue weighted by atomic mass is 10.1. The highest BCUT2D eigenvalue weighted by Gasteiger charge is 2.17. The standard InChI is InChI=1S/C20H19F2IO5/c1-25-7-8-26-13-28-19(20(21)22)15-9-16(11-24)18(17(23)10-15)27-12-14-5-3-2-4-6-14/h2-6,9-11H,7-8,12-13H2,1H3. The van der Waals surface area contributed by atoms with Gasteiger partial charge in [-0.3, -0.25) is 4.79 Å². The second-order valence-corrected chi connectivity index (χ2v) is 6.68. The van der Waals surface area contributed by atoms with Gasteiger partial charge in [-0.1, -0.05) is 30.3 Å². The monoisotopic (exact) mass is 504 g/mol. The van der Waals surface area contributed by atoms with Gasteiger partial charge in [0.1, 0.15) is 12.4 Å². The first-order valence-corrected chi connectivity index (χ1v) is 9.35. The van der Waals surface area contributed by atoms with Crippen LogP contribution in [0.25, 0.3) is 5.76 Å². The van der Waals surface area contributed by atoms with Gasteiger partial charge >= 0.3 is 6.08 Å². The summed E-state index contributed by atoms with van der Waals surface area (Å²) >= 11 is 1.94. The first kappa shape index (κ1) is 22.3. The Morgan fingerprint density at radius 2 is 1.89 bits per heavy atom. The van der Waals surface area contributed by atoms with Gasteiger partial charge < -0.3 is 18.9 Å². The van der Waals surface area contributed by atoms with Crippen LogP contribution >= 0.6 is 22.6 Å². The number of methoxy groups -OCH3 is 1. The highest BCUT2D eigenvalue weighted by Crippen LogP contribution is 2.32. The predicted molar refractivity (Wildman–Crippen MR) is 108 cm³/mol.